The highest BCUT2D eigenvalue weighted by Crippen LogP contribution is 2.33. The Morgan fingerprint density at radius 2 is 1.66 bits per heavy atom. The van der Waals surface area contributed by atoms with Gasteiger partial charge in [0, 0.05) is 41.4 Å². The molecular weight excluding hydrogens is 630 g/mol. The van der Waals surface area contributed by atoms with Gasteiger partial charge in [-0.05, 0) is 118 Å². The maximum Gasteiger partial charge on any atom is 0.407 e. The number of ketones is 1. The number of amides is 2. The van der Waals surface area contributed by atoms with Crippen LogP contribution in [0.1, 0.15) is 69.6 Å². The monoisotopic (exact) mass is 675 g/mol. The van der Waals surface area contributed by atoms with E-state index in [1.807, 2.05) is 69.4 Å². The summed E-state index contributed by atoms with van der Waals surface area (Å²) in [6.07, 6.45) is 5.17. The minimum absolute atomic E-state index is 0.107. The fourth-order valence-corrected chi connectivity index (χ4v) is 6.82. The lowest BCUT2D eigenvalue weighted by molar-refractivity contribution is -0.129. The standard InChI is InChI=1S/C39H45N7O4/c1-24-5-18-33-32(22-42-45-33)35(24)28-12-6-25(7-13-28)19-30(37(48)44-31-16-14-29(15-17-31)36-41-23-43-46-36)20-34(47)27-10-8-26(9-11-27)21-40-38(49)50-39(2,3)4/h5-7,12-18,22,26-27,30H,8-11,19-21,23H2,1-4H3,(H,40,49)(H,42,45)(H,44,48)/t26?,27?,30-/m1/s1. The highest BCUT2D eigenvalue weighted by Gasteiger charge is 2.31. The SMILES string of the molecule is Cc1ccc2[nH]ncc2c1-c1ccc(C[C@H](CC(=O)C2CCC(CNC(=O)OC(C)(C)C)CC2)C(=O)Nc2ccc(C3=NCN=N3)cc2)cc1. The molecule has 1 aromatic heterocycles. The Kier molecular flexibility index (Phi) is 10.5. The van der Waals surface area contributed by atoms with Crippen molar-refractivity contribution in [2.75, 3.05) is 18.5 Å². The summed E-state index contributed by atoms with van der Waals surface area (Å²) in [4.78, 5) is 44.0. The predicted molar refractivity (Wildman–Crippen MR) is 194 cm³/mol. The molecule has 11 nitrogen and oxygen atoms in total. The number of nitrogens with one attached hydrogen (secondary N) is 3. The quantitative estimate of drug-likeness (QED) is 0.148. The zero-order valence-corrected chi connectivity index (χ0v) is 29.2. The molecule has 0 radical (unpaired) electrons. The minimum atomic E-state index is -0.549. The van der Waals surface area contributed by atoms with Crippen LogP contribution in [0.25, 0.3) is 22.0 Å². The lowest BCUT2D eigenvalue weighted by atomic mass is 9.77. The molecule has 50 heavy (non-hydrogen) atoms. The summed E-state index contributed by atoms with van der Waals surface area (Å²) in [5, 5.41) is 22.2. The van der Waals surface area contributed by atoms with Crippen molar-refractivity contribution in [2.45, 2.75) is 71.8 Å². The summed E-state index contributed by atoms with van der Waals surface area (Å²) >= 11 is 0. The number of aryl methyl sites for hydroxylation is 1. The van der Waals surface area contributed by atoms with Gasteiger partial charge in [-0.2, -0.15) is 10.2 Å². The average molecular weight is 676 g/mol. The number of Topliss-reactive ketones (excluding diaryl/α,β-unsaturated/α-hetero) is 1. The van der Waals surface area contributed by atoms with Crippen LogP contribution in [0.4, 0.5) is 10.5 Å². The summed E-state index contributed by atoms with van der Waals surface area (Å²) in [6.45, 7) is 8.46. The molecule has 4 aromatic rings. The second kappa shape index (κ2) is 15.1. The zero-order valence-electron chi connectivity index (χ0n) is 29.2. The Labute approximate surface area is 292 Å². The summed E-state index contributed by atoms with van der Waals surface area (Å²) in [7, 11) is 0. The molecule has 1 aliphatic carbocycles. The van der Waals surface area contributed by atoms with Crippen LogP contribution in [0.2, 0.25) is 0 Å². The number of rotatable bonds is 11. The third kappa shape index (κ3) is 8.69. The van der Waals surface area contributed by atoms with Gasteiger partial charge >= 0.3 is 6.09 Å². The van der Waals surface area contributed by atoms with Crippen LogP contribution in [-0.2, 0) is 20.7 Å². The highest BCUT2D eigenvalue weighted by molar-refractivity contribution is 6.01. The Morgan fingerprint density at radius 3 is 2.34 bits per heavy atom. The van der Waals surface area contributed by atoms with Crippen molar-refractivity contribution in [1.29, 1.82) is 0 Å². The molecule has 6 rings (SSSR count). The number of H-pyrrole nitrogens is 1. The van der Waals surface area contributed by atoms with Gasteiger partial charge < -0.3 is 15.4 Å². The molecule has 260 valence electrons. The van der Waals surface area contributed by atoms with Gasteiger partial charge in [-0.1, -0.05) is 30.3 Å². The van der Waals surface area contributed by atoms with Crippen molar-refractivity contribution in [3.8, 4) is 11.1 Å². The molecule has 2 heterocycles. The van der Waals surface area contributed by atoms with Crippen molar-refractivity contribution in [3.05, 3.63) is 83.6 Å². The van der Waals surface area contributed by atoms with Crippen molar-refractivity contribution in [3.63, 3.8) is 0 Å². The molecule has 1 aliphatic heterocycles. The molecule has 3 aromatic carbocycles. The number of fused-ring (bicyclic) bond motifs is 1. The van der Waals surface area contributed by atoms with Crippen LogP contribution in [0.5, 0.6) is 0 Å². The average Bonchev–Trinajstić information content (AvgIpc) is 3.81. The second-order valence-corrected chi connectivity index (χ2v) is 14.4. The number of benzene rings is 3. The summed E-state index contributed by atoms with van der Waals surface area (Å²) in [5.41, 5.74) is 6.23. The number of anilines is 1. The van der Waals surface area contributed by atoms with Crippen LogP contribution in [0, 0.1) is 24.7 Å². The van der Waals surface area contributed by atoms with Crippen LogP contribution < -0.4 is 10.6 Å². The fourth-order valence-electron chi connectivity index (χ4n) is 6.82. The molecule has 1 atom stereocenters. The summed E-state index contributed by atoms with van der Waals surface area (Å²) in [6, 6.07) is 19.7. The van der Waals surface area contributed by atoms with Crippen molar-refractivity contribution in [1.82, 2.24) is 15.5 Å². The van der Waals surface area contributed by atoms with E-state index in [2.05, 4.69) is 61.2 Å². The van der Waals surface area contributed by atoms with E-state index in [1.54, 1.807) is 0 Å². The first-order valence-electron chi connectivity index (χ1n) is 17.4. The van der Waals surface area contributed by atoms with E-state index in [0.29, 0.717) is 37.1 Å². The van der Waals surface area contributed by atoms with Gasteiger partial charge in [-0.15, -0.1) is 5.11 Å². The normalized spacial score (nSPS) is 18.0. The number of azo groups is 1. The number of carbonyl (C=O) groups is 3. The number of hydrogen-bond acceptors (Lipinski definition) is 8. The number of carbonyl (C=O) groups excluding carboxylic acids is 3. The lowest BCUT2D eigenvalue weighted by Crippen LogP contribution is -2.37. The first-order valence-corrected chi connectivity index (χ1v) is 17.4. The third-order valence-electron chi connectivity index (χ3n) is 9.47. The number of ether oxygens (including phenoxy) is 1. The number of alkyl carbamates (subject to hydrolysis) is 1. The van der Waals surface area contributed by atoms with E-state index in [0.717, 1.165) is 64.4 Å². The van der Waals surface area contributed by atoms with Crippen LogP contribution in [0.15, 0.2) is 82.1 Å². The first-order chi connectivity index (χ1) is 24.0. The molecule has 11 heteroatoms. The van der Waals surface area contributed by atoms with Crippen LogP contribution in [-0.4, -0.2) is 52.6 Å². The number of nitrogens with zero attached hydrogens (tertiary/aromatic N) is 4. The molecule has 1 saturated carbocycles. The predicted octanol–water partition coefficient (Wildman–Crippen LogP) is 7.80. The smallest absolute Gasteiger partial charge is 0.407 e. The maximum atomic E-state index is 13.8. The lowest BCUT2D eigenvalue weighted by Gasteiger charge is -2.29. The summed E-state index contributed by atoms with van der Waals surface area (Å²) in [5.74, 6) is 0.130. The van der Waals surface area contributed by atoms with Crippen LogP contribution >= 0.6 is 0 Å². The molecule has 1 fully saturated rings. The molecule has 0 unspecified atom stereocenters. The van der Waals surface area contributed by atoms with Crippen molar-refractivity contribution in [2.24, 2.45) is 33.0 Å². The van der Waals surface area contributed by atoms with Gasteiger partial charge in [0.25, 0.3) is 0 Å². The largest absolute Gasteiger partial charge is 0.444 e. The summed E-state index contributed by atoms with van der Waals surface area (Å²) < 4.78 is 5.36. The molecule has 3 N–H and O–H groups in total. The zero-order chi connectivity index (χ0) is 35.3. The van der Waals surface area contributed by atoms with E-state index < -0.39 is 17.6 Å². The molecular formula is C39H45N7O4. The third-order valence-corrected chi connectivity index (χ3v) is 9.47. The molecule has 2 amide bonds. The molecule has 0 spiro atoms. The van der Waals surface area contributed by atoms with Gasteiger partial charge in [0.05, 0.1) is 11.7 Å². The molecule has 0 saturated heterocycles. The highest BCUT2D eigenvalue weighted by atomic mass is 16.6. The van der Waals surface area contributed by atoms with Gasteiger partial charge in [0.2, 0.25) is 5.91 Å². The van der Waals surface area contributed by atoms with Crippen LogP contribution in [0.3, 0.4) is 0 Å². The Balaban J connectivity index is 1.13. The van der Waals surface area contributed by atoms with E-state index in [-0.39, 0.29) is 24.0 Å². The van der Waals surface area contributed by atoms with E-state index >= 15 is 0 Å². The molecule has 2 aliphatic rings. The van der Waals surface area contributed by atoms with Gasteiger partial charge in [-0.3, -0.25) is 14.7 Å². The number of aromatic amines is 1. The van der Waals surface area contributed by atoms with E-state index in [9.17, 15) is 14.4 Å². The van der Waals surface area contributed by atoms with Gasteiger partial charge in [0.15, 0.2) is 12.5 Å². The Morgan fingerprint density at radius 1 is 0.940 bits per heavy atom. The van der Waals surface area contributed by atoms with Gasteiger partial charge in [-0.25, -0.2) is 9.79 Å². The Hall–Kier alpha value is -5.19. The fraction of sp³-hybridized carbons (Fsp3) is 0.410. The van der Waals surface area contributed by atoms with E-state index in [1.165, 1.54) is 0 Å². The van der Waals surface area contributed by atoms with E-state index in [4.69, 9.17) is 4.74 Å². The second-order valence-electron chi connectivity index (χ2n) is 14.4. The first kappa shape index (κ1) is 34.7. The van der Waals surface area contributed by atoms with Crippen molar-refractivity contribution < 1.29 is 19.1 Å². The topological polar surface area (TPSA) is 150 Å². The van der Waals surface area contributed by atoms with Gasteiger partial charge in [0.1, 0.15) is 11.4 Å². The number of aliphatic imine (C=N–C) groups is 1. The number of hydrogen-bond donors (Lipinski definition) is 3. The number of aromatic nitrogens is 2. The number of amidine groups is 1. The minimum Gasteiger partial charge on any atom is -0.444 e. The maximum absolute atomic E-state index is 13.8. The Bertz CT molecular complexity index is 1900. The van der Waals surface area contributed by atoms with Crippen molar-refractivity contribution >= 4 is 40.2 Å². The molecule has 0 bridgehead atoms.